The number of hydrogen-bond donors (Lipinski definition) is 1. The van der Waals surface area contributed by atoms with Crippen molar-refractivity contribution in [3.05, 3.63) is 81.6 Å². The molecule has 7 heteroatoms. The lowest BCUT2D eigenvalue weighted by atomic mass is 10.0. The quantitative estimate of drug-likeness (QED) is 0.351. The number of benzene rings is 2. The lowest BCUT2D eigenvalue weighted by Crippen LogP contribution is -2.21. The van der Waals surface area contributed by atoms with Crippen LogP contribution < -0.4 is 16.0 Å². The Morgan fingerprint density at radius 2 is 1.91 bits per heavy atom. The topological polar surface area (TPSA) is 82.5 Å². The Bertz CT molecular complexity index is 1410. The van der Waals surface area contributed by atoms with Crippen molar-refractivity contribution in [2.24, 2.45) is 4.99 Å². The van der Waals surface area contributed by atoms with Crippen molar-refractivity contribution in [1.82, 2.24) is 9.55 Å². The Kier molecular flexibility index (Phi) is 5.15. The van der Waals surface area contributed by atoms with Gasteiger partial charge in [0.1, 0.15) is 6.10 Å². The van der Waals surface area contributed by atoms with Crippen LogP contribution in [-0.2, 0) is 0 Å². The number of rotatable bonds is 5. The minimum atomic E-state index is -0.194. The second-order valence-electron chi connectivity index (χ2n) is 7.79. The van der Waals surface area contributed by atoms with Crippen LogP contribution in [0.2, 0.25) is 5.02 Å². The number of nitrogen functional groups attached to an aromatic ring is 1. The molecule has 1 fully saturated rings. The van der Waals surface area contributed by atoms with Crippen LogP contribution in [0.4, 0.5) is 5.69 Å². The van der Waals surface area contributed by atoms with Gasteiger partial charge in [-0.15, -0.1) is 0 Å². The first-order valence-corrected chi connectivity index (χ1v) is 10.7. The van der Waals surface area contributed by atoms with E-state index < -0.39 is 0 Å². The maximum absolute atomic E-state index is 13.8. The van der Waals surface area contributed by atoms with Gasteiger partial charge in [0.2, 0.25) is 5.88 Å². The molecule has 0 unspecified atom stereocenters. The molecule has 0 bridgehead atoms. The Balaban J connectivity index is 1.76. The largest absolute Gasteiger partial charge is 0.474 e. The molecule has 1 aliphatic rings. The van der Waals surface area contributed by atoms with Crippen LogP contribution in [0.1, 0.15) is 18.4 Å². The lowest BCUT2D eigenvalue weighted by Gasteiger charge is -2.14. The molecule has 0 atom stereocenters. The number of nitrogens with two attached hydrogens (primary N) is 1. The molecule has 0 spiro atoms. The molecule has 32 heavy (non-hydrogen) atoms. The average molecular weight is 445 g/mol. The second kappa shape index (κ2) is 8.13. The maximum Gasteiger partial charge on any atom is 0.264 e. The standard InChI is InChI=1S/C25H21ClN4O2/c1-28-14-17-12-15(2-10-22(17)27)21-13-16-3-11-23(32-20-8-9-20)29-24(16)30(25(21)31)19-6-4-18(26)5-7-19/h2-7,10-14,20H,8-9,27H2,1H3. The van der Waals surface area contributed by atoms with E-state index in [4.69, 9.17) is 22.1 Å². The zero-order chi connectivity index (χ0) is 22.2. The number of halogens is 1. The number of aliphatic imine (C=N–C) groups is 1. The minimum Gasteiger partial charge on any atom is -0.474 e. The molecule has 2 aromatic heterocycles. The van der Waals surface area contributed by atoms with E-state index >= 15 is 0 Å². The van der Waals surface area contributed by atoms with Crippen LogP contribution in [0.15, 0.2) is 70.5 Å². The van der Waals surface area contributed by atoms with E-state index in [1.54, 1.807) is 48.2 Å². The van der Waals surface area contributed by atoms with Crippen LogP contribution in [0, 0.1) is 0 Å². The Morgan fingerprint density at radius 3 is 2.62 bits per heavy atom. The van der Waals surface area contributed by atoms with Gasteiger partial charge in [-0.3, -0.25) is 14.4 Å². The molecule has 2 aromatic carbocycles. The summed E-state index contributed by atoms with van der Waals surface area (Å²) in [5.74, 6) is 0.517. The van der Waals surface area contributed by atoms with Crippen molar-refractivity contribution >= 4 is 34.5 Å². The van der Waals surface area contributed by atoms with Gasteiger partial charge in [-0.2, -0.15) is 4.98 Å². The first kappa shape index (κ1) is 20.3. The third-order valence-electron chi connectivity index (χ3n) is 5.39. The first-order valence-electron chi connectivity index (χ1n) is 10.3. The third kappa shape index (κ3) is 3.85. The number of anilines is 1. The minimum absolute atomic E-state index is 0.194. The van der Waals surface area contributed by atoms with E-state index in [0.717, 1.165) is 29.4 Å². The van der Waals surface area contributed by atoms with Crippen molar-refractivity contribution in [2.75, 3.05) is 12.8 Å². The number of aromatic nitrogens is 2. The van der Waals surface area contributed by atoms with Crippen molar-refractivity contribution in [3.63, 3.8) is 0 Å². The molecule has 0 amide bonds. The van der Waals surface area contributed by atoms with Crippen molar-refractivity contribution in [1.29, 1.82) is 0 Å². The zero-order valence-electron chi connectivity index (χ0n) is 17.5. The first-order chi connectivity index (χ1) is 15.5. The van der Waals surface area contributed by atoms with Gasteiger partial charge in [-0.05, 0) is 66.9 Å². The van der Waals surface area contributed by atoms with Gasteiger partial charge in [0.05, 0.1) is 5.69 Å². The molecular formula is C25H21ClN4O2. The summed E-state index contributed by atoms with van der Waals surface area (Å²) in [6.45, 7) is 0. The molecule has 0 radical (unpaired) electrons. The smallest absolute Gasteiger partial charge is 0.264 e. The molecule has 5 rings (SSSR count). The summed E-state index contributed by atoms with van der Waals surface area (Å²) in [7, 11) is 1.68. The van der Waals surface area contributed by atoms with Crippen molar-refractivity contribution < 1.29 is 4.74 Å². The summed E-state index contributed by atoms with van der Waals surface area (Å²) >= 11 is 6.09. The van der Waals surface area contributed by atoms with E-state index in [1.807, 2.05) is 30.3 Å². The molecule has 6 nitrogen and oxygen atoms in total. The van der Waals surface area contributed by atoms with Gasteiger partial charge in [0, 0.05) is 46.6 Å². The van der Waals surface area contributed by atoms with E-state index in [-0.39, 0.29) is 11.7 Å². The Labute approximate surface area is 190 Å². The van der Waals surface area contributed by atoms with Crippen LogP contribution in [-0.4, -0.2) is 28.9 Å². The van der Waals surface area contributed by atoms with Crippen LogP contribution in [0.5, 0.6) is 5.88 Å². The van der Waals surface area contributed by atoms with Gasteiger partial charge in [-0.25, -0.2) is 0 Å². The van der Waals surface area contributed by atoms with E-state index in [2.05, 4.69) is 9.98 Å². The number of nitrogens with zero attached hydrogens (tertiary/aromatic N) is 3. The summed E-state index contributed by atoms with van der Waals surface area (Å²) in [6, 6.07) is 18.3. The summed E-state index contributed by atoms with van der Waals surface area (Å²) in [4.78, 5) is 22.5. The van der Waals surface area contributed by atoms with Crippen molar-refractivity contribution in [2.45, 2.75) is 18.9 Å². The summed E-state index contributed by atoms with van der Waals surface area (Å²) in [5.41, 5.74) is 9.73. The molecule has 0 aliphatic heterocycles. The molecule has 4 aromatic rings. The maximum atomic E-state index is 13.8. The van der Waals surface area contributed by atoms with E-state index in [0.29, 0.717) is 33.5 Å². The fraction of sp³-hybridized carbons (Fsp3) is 0.160. The molecule has 1 saturated carbocycles. The fourth-order valence-electron chi connectivity index (χ4n) is 3.62. The predicted molar refractivity (Wildman–Crippen MR) is 129 cm³/mol. The normalized spacial score (nSPS) is 13.7. The lowest BCUT2D eigenvalue weighted by molar-refractivity contribution is 0.292. The second-order valence-corrected chi connectivity index (χ2v) is 8.22. The highest BCUT2D eigenvalue weighted by molar-refractivity contribution is 6.30. The molecule has 2 heterocycles. The van der Waals surface area contributed by atoms with Crippen LogP contribution >= 0.6 is 11.6 Å². The van der Waals surface area contributed by atoms with Gasteiger partial charge in [-0.1, -0.05) is 17.7 Å². The highest BCUT2D eigenvalue weighted by Crippen LogP contribution is 2.29. The van der Waals surface area contributed by atoms with Crippen LogP contribution in [0.25, 0.3) is 27.8 Å². The number of fused-ring (bicyclic) bond motifs is 1. The molecule has 160 valence electrons. The molecule has 2 N–H and O–H groups in total. The Hall–Kier alpha value is -3.64. The molecule has 0 saturated heterocycles. The Morgan fingerprint density at radius 1 is 1.12 bits per heavy atom. The number of ether oxygens (including phenoxy) is 1. The van der Waals surface area contributed by atoms with Gasteiger partial charge in [0.25, 0.3) is 5.56 Å². The zero-order valence-corrected chi connectivity index (χ0v) is 18.2. The van der Waals surface area contributed by atoms with Gasteiger partial charge >= 0.3 is 0 Å². The monoisotopic (exact) mass is 444 g/mol. The van der Waals surface area contributed by atoms with Gasteiger partial charge in [0.15, 0.2) is 5.65 Å². The van der Waals surface area contributed by atoms with Gasteiger partial charge < -0.3 is 10.5 Å². The summed E-state index contributed by atoms with van der Waals surface area (Å²) in [5, 5.41) is 1.41. The predicted octanol–water partition coefficient (Wildman–Crippen LogP) is 4.88. The highest BCUT2D eigenvalue weighted by atomic mass is 35.5. The SMILES string of the molecule is CN=Cc1cc(-c2cc3ccc(OC4CC4)nc3n(-c3ccc(Cl)cc3)c2=O)ccc1N. The molecular weight excluding hydrogens is 424 g/mol. The number of pyridine rings is 2. The van der Waals surface area contributed by atoms with Crippen molar-refractivity contribution in [3.8, 4) is 22.7 Å². The summed E-state index contributed by atoms with van der Waals surface area (Å²) < 4.78 is 7.48. The van der Waals surface area contributed by atoms with Crippen LogP contribution in [0.3, 0.4) is 0 Å². The summed E-state index contributed by atoms with van der Waals surface area (Å²) in [6.07, 6.45) is 3.95. The number of hydrogen-bond acceptors (Lipinski definition) is 5. The fourth-order valence-corrected chi connectivity index (χ4v) is 3.75. The average Bonchev–Trinajstić information content (AvgIpc) is 3.60. The van der Waals surface area contributed by atoms with E-state index in [9.17, 15) is 4.79 Å². The highest BCUT2D eigenvalue weighted by Gasteiger charge is 2.24. The third-order valence-corrected chi connectivity index (χ3v) is 5.64. The molecule has 1 aliphatic carbocycles. The van der Waals surface area contributed by atoms with E-state index in [1.165, 1.54) is 0 Å².